The van der Waals surface area contributed by atoms with E-state index in [9.17, 15) is 18.0 Å². The zero-order valence-corrected chi connectivity index (χ0v) is 16.3. The van der Waals surface area contributed by atoms with Gasteiger partial charge in [0.2, 0.25) is 0 Å². The molecule has 0 spiro atoms. The molecule has 1 amide bonds. The molecule has 3 aromatic rings. The van der Waals surface area contributed by atoms with Crippen LogP contribution in [-0.2, 0) is 6.18 Å². The highest BCUT2D eigenvalue weighted by Gasteiger charge is 2.31. The van der Waals surface area contributed by atoms with Crippen LogP contribution >= 0.6 is 0 Å². The first-order valence-electron chi connectivity index (χ1n) is 9.62. The monoisotopic (exact) mass is 415 g/mol. The quantitative estimate of drug-likeness (QED) is 0.624. The standard InChI is InChI=1S/C22H20F3N3O2/c1-30-17-6-7-18-19(12-17)26-13-27-20(18)14-8-10-28(11-9-14)21(29)15-2-4-16(5-3-15)22(23,24)25/h2-7,12-14H,8-11H2,1H3. The Morgan fingerprint density at radius 3 is 2.40 bits per heavy atom. The summed E-state index contributed by atoms with van der Waals surface area (Å²) in [7, 11) is 1.60. The summed E-state index contributed by atoms with van der Waals surface area (Å²) >= 11 is 0. The molecular formula is C22H20F3N3O2. The first-order valence-corrected chi connectivity index (χ1v) is 9.62. The molecule has 0 aliphatic carbocycles. The second-order valence-electron chi connectivity index (χ2n) is 7.28. The molecule has 1 saturated heterocycles. The van der Waals surface area contributed by atoms with Crippen LogP contribution in [0.25, 0.3) is 10.9 Å². The molecule has 0 radical (unpaired) electrons. The Kier molecular flexibility index (Phi) is 5.32. The summed E-state index contributed by atoms with van der Waals surface area (Å²) < 4.78 is 43.4. The number of hydrogen-bond donors (Lipinski definition) is 0. The van der Waals surface area contributed by atoms with Gasteiger partial charge in [-0.3, -0.25) is 4.79 Å². The molecule has 1 fully saturated rings. The van der Waals surface area contributed by atoms with Crippen LogP contribution in [0, 0.1) is 0 Å². The lowest BCUT2D eigenvalue weighted by Gasteiger charge is -2.32. The number of methoxy groups -OCH3 is 1. The van der Waals surface area contributed by atoms with E-state index in [-0.39, 0.29) is 17.4 Å². The van der Waals surface area contributed by atoms with Crippen LogP contribution in [0.2, 0.25) is 0 Å². The molecule has 1 aromatic heterocycles. The molecular weight excluding hydrogens is 395 g/mol. The summed E-state index contributed by atoms with van der Waals surface area (Å²) in [6, 6.07) is 10.1. The minimum Gasteiger partial charge on any atom is -0.497 e. The number of piperidine rings is 1. The number of alkyl halides is 3. The lowest BCUT2D eigenvalue weighted by molar-refractivity contribution is -0.137. The smallest absolute Gasteiger partial charge is 0.416 e. The van der Waals surface area contributed by atoms with Crippen molar-refractivity contribution in [1.29, 1.82) is 0 Å². The van der Waals surface area contributed by atoms with Gasteiger partial charge in [-0.05, 0) is 49.2 Å². The average Bonchev–Trinajstić information content (AvgIpc) is 2.77. The van der Waals surface area contributed by atoms with Crippen molar-refractivity contribution in [3.8, 4) is 5.75 Å². The summed E-state index contributed by atoms with van der Waals surface area (Å²) in [5, 5.41) is 0.964. The molecule has 30 heavy (non-hydrogen) atoms. The van der Waals surface area contributed by atoms with Gasteiger partial charge in [-0.25, -0.2) is 9.97 Å². The Hall–Kier alpha value is -3.16. The van der Waals surface area contributed by atoms with E-state index in [1.54, 1.807) is 12.0 Å². The van der Waals surface area contributed by atoms with Gasteiger partial charge in [-0.2, -0.15) is 13.2 Å². The van der Waals surface area contributed by atoms with Crippen molar-refractivity contribution in [1.82, 2.24) is 14.9 Å². The number of amides is 1. The SMILES string of the molecule is COc1ccc2c(C3CCN(C(=O)c4ccc(C(F)(F)F)cc4)CC3)ncnc2c1. The van der Waals surface area contributed by atoms with Gasteiger partial charge in [0.1, 0.15) is 12.1 Å². The van der Waals surface area contributed by atoms with Crippen LogP contribution in [0.5, 0.6) is 5.75 Å². The lowest BCUT2D eigenvalue weighted by atomic mass is 9.90. The molecule has 8 heteroatoms. The molecule has 0 saturated carbocycles. The van der Waals surface area contributed by atoms with Crippen molar-refractivity contribution in [3.05, 3.63) is 65.6 Å². The maximum Gasteiger partial charge on any atom is 0.416 e. The minimum absolute atomic E-state index is 0.181. The second-order valence-corrected chi connectivity index (χ2v) is 7.28. The zero-order valence-electron chi connectivity index (χ0n) is 16.3. The number of ether oxygens (including phenoxy) is 1. The molecule has 0 atom stereocenters. The predicted octanol–water partition coefficient (Wildman–Crippen LogP) is 4.68. The second kappa shape index (κ2) is 7.93. The summed E-state index contributed by atoms with van der Waals surface area (Å²) in [5.74, 6) is 0.657. The van der Waals surface area contributed by atoms with Crippen molar-refractivity contribution >= 4 is 16.8 Å². The first kappa shape index (κ1) is 20.1. The van der Waals surface area contributed by atoms with Crippen LogP contribution in [0.3, 0.4) is 0 Å². The van der Waals surface area contributed by atoms with Gasteiger partial charge in [-0.15, -0.1) is 0 Å². The molecule has 2 aromatic carbocycles. The Balaban J connectivity index is 1.46. The summed E-state index contributed by atoms with van der Waals surface area (Å²) in [6.45, 7) is 1.04. The third-order valence-corrected chi connectivity index (χ3v) is 5.50. The Bertz CT molecular complexity index is 1060. The Morgan fingerprint density at radius 1 is 1.07 bits per heavy atom. The van der Waals surface area contributed by atoms with Crippen molar-refractivity contribution in [3.63, 3.8) is 0 Å². The minimum atomic E-state index is -4.41. The third kappa shape index (κ3) is 3.94. The van der Waals surface area contributed by atoms with Crippen LogP contribution in [-0.4, -0.2) is 41.0 Å². The van der Waals surface area contributed by atoms with Crippen molar-refractivity contribution in [2.45, 2.75) is 24.9 Å². The summed E-state index contributed by atoms with van der Waals surface area (Å²) in [4.78, 5) is 23.2. The first-order chi connectivity index (χ1) is 14.4. The molecule has 0 N–H and O–H groups in total. The number of halogens is 3. The van der Waals surface area contributed by atoms with E-state index in [1.807, 2.05) is 18.2 Å². The van der Waals surface area contributed by atoms with Gasteiger partial charge >= 0.3 is 6.18 Å². The zero-order chi connectivity index (χ0) is 21.3. The number of aromatic nitrogens is 2. The average molecular weight is 415 g/mol. The molecule has 0 bridgehead atoms. The number of hydrogen-bond acceptors (Lipinski definition) is 4. The van der Waals surface area contributed by atoms with Gasteiger partial charge in [0.25, 0.3) is 5.91 Å². The van der Waals surface area contributed by atoms with Gasteiger partial charge in [0.05, 0.1) is 23.9 Å². The molecule has 1 aliphatic rings. The topological polar surface area (TPSA) is 55.3 Å². The normalized spacial score (nSPS) is 15.4. The maximum atomic E-state index is 12.7. The lowest BCUT2D eigenvalue weighted by Crippen LogP contribution is -2.38. The van der Waals surface area contributed by atoms with Gasteiger partial charge in [-0.1, -0.05) is 0 Å². The molecule has 156 valence electrons. The maximum absolute atomic E-state index is 12.7. The molecule has 4 rings (SSSR count). The number of rotatable bonds is 3. The van der Waals surface area contributed by atoms with E-state index >= 15 is 0 Å². The van der Waals surface area contributed by atoms with E-state index < -0.39 is 11.7 Å². The van der Waals surface area contributed by atoms with E-state index in [2.05, 4.69) is 9.97 Å². The van der Waals surface area contributed by atoms with E-state index in [0.29, 0.717) is 13.1 Å². The van der Waals surface area contributed by atoms with Gasteiger partial charge < -0.3 is 9.64 Å². The van der Waals surface area contributed by atoms with Crippen LogP contribution in [0.4, 0.5) is 13.2 Å². The van der Waals surface area contributed by atoms with E-state index in [4.69, 9.17) is 4.74 Å². The molecule has 2 heterocycles. The largest absolute Gasteiger partial charge is 0.497 e. The van der Waals surface area contributed by atoms with Crippen LogP contribution in [0.1, 0.15) is 40.4 Å². The third-order valence-electron chi connectivity index (χ3n) is 5.50. The number of benzene rings is 2. The highest BCUT2D eigenvalue weighted by atomic mass is 19.4. The fourth-order valence-electron chi connectivity index (χ4n) is 3.85. The molecule has 5 nitrogen and oxygen atoms in total. The fourth-order valence-corrected chi connectivity index (χ4v) is 3.85. The van der Waals surface area contributed by atoms with Crippen molar-refractivity contribution in [2.75, 3.05) is 20.2 Å². The number of fused-ring (bicyclic) bond motifs is 1. The molecule has 0 unspecified atom stereocenters. The Morgan fingerprint density at radius 2 is 1.77 bits per heavy atom. The highest BCUT2D eigenvalue weighted by Crippen LogP contribution is 2.33. The fraction of sp³-hybridized carbons (Fsp3) is 0.318. The van der Waals surface area contributed by atoms with E-state index in [1.165, 1.54) is 18.5 Å². The van der Waals surface area contributed by atoms with Crippen molar-refractivity contribution < 1.29 is 22.7 Å². The van der Waals surface area contributed by atoms with Gasteiger partial charge in [0, 0.05) is 36.0 Å². The van der Waals surface area contributed by atoms with Gasteiger partial charge in [0.15, 0.2) is 0 Å². The van der Waals surface area contributed by atoms with Crippen LogP contribution in [0.15, 0.2) is 48.8 Å². The highest BCUT2D eigenvalue weighted by molar-refractivity contribution is 5.94. The van der Waals surface area contributed by atoms with Crippen molar-refractivity contribution in [2.24, 2.45) is 0 Å². The number of carbonyl (C=O) groups excluding carboxylic acids is 1. The number of nitrogens with zero attached hydrogens (tertiary/aromatic N) is 3. The summed E-state index contributed by atoms with van der Waals surface area (Å²) in [5.41, 5.74) is 1.26. The number of likely N-dealkylation sites (tertiary alicyclic amines) is 1. The van der Waals surface area contributed by atoms with Crippen LogP contribution < -0.4 is 4.74 Å². The predicted molar refractivity (Wildman–Crippen MR) is 105 cm³/mol. The molecule has 1 aliphatic heterocycles. The Labute approximate surface area is 171 Å². The summed E-state index contributed by atoms with van der Waals surface area (Å²) in [6.07, 6.45) is -1.42. The number of carbonyl (C=O) groups is 1. The van der Waals surface area contributed by atoms with E-state index in [0.717, 1.165) is 47.3 Å².